The molecule has 0 spiro atoms. The number of aromatic nitrogens is 1. The Balaban J connectivity index is 2.13. The van der Waals surface area contributed by atoms with E-state index in [1.54, 1.807) is 17.0 Å². The first-order chi connectivity index (χ1) is 11.1. The molecule has 3 rings (SSSR count). The molecule has 0 aliphatic carbocycles. The maximum absolute atomic E-state index is 12.4. The average molecular weight is 371 g/mol. The summed E-state index contributed by atoms with van der Waals surface area (Å²) in [5, 5.41) is 11.8. The fourth-order valence-electron chi connectivity index (χ4n) is 2.90. The van der Waals surface area contributed by atoms with Crippen LogP contribution in [0.4, 0.5) is 0 Å². The molecular weight excluding hydrogens is 358 g/mol. The zero-order valence-electron chi connectivity index (χ0n) is 12.0. The molecule has 0 bridgehead atoms. The number of pyridine rings is 1. The lowest BCUT2D eigenvalue weighted by Crippen LogP contribution is -2.59. The van der Waals surface area contributed by atoms with Crippen LogP contribution in [0.15, 0.2) is 59.3 Å². The highest BCUT2D eigenvalue weighted by molar-refractivity contribution is 9.10. The molecule has 23 heavy (non-hydrogen) atoms. The van der Waals surface area contributed by atoms with Gasteiger partial charge in [0.05, 0.1) is 12.0 Å². The Morgan fingerprint density at radius 3 is 2.30 bits per heavy atom. The van der Waals surface area contributed by atoms with Crippen molar-refractivity contribution in [3.8, 4) is 6.07 Å². The average Bonchev–Trinajstić information content (AvgIpc) is 2.56. The maximum Gasteiger partial charge on any atom is 0.296 e. The molecule has 2 heterocycles. The van der Waals surface area contributed by atoms with Crippen LogP contribution in [0.25, 0.3) is 0 Å². The van der Waals surface area contributed by atoms with E-state index in [1.807, 2.05) is 48.5 Å². The number of hydrogen-bond donors (Lipinski definition) is 1. The molecule has 1 aromatic carbocycles. The lowest BCUT2D eigenvalue weighted by Gasteiger charge is -2.30. The van der Waals surface area contributed by atoms with Gasteiger partial charge in [-0.3, -0.25) is 14.9 Å². The number of benzene rings is 1. The van der Waals surface area contributed by atoms with E-state index >= 15 is 0 Å². The van der Waals surface area contributed by atoms with E-state index in [0.29, 0.717) is 0 Å². The Labute approximate surface area is 141 Å². The predicted octanol–water partition coefficient (Wildman–Crippen LogP) is 1.86. The predicted molar refractivity (Wildman–Crippen MR) is 84.8 cm³/mol. The second-order valence-corrected chi connectivity index (χ2v) is 6.22. The molecule has 114 valence electrons. The summed E-state index contributed by atoms with van der Waals surface area (Å²) < 4.78 is 2.63. The molecule has 1 aromatic heterocycles. The number of hydrogen-bond acceptors (Lipinski definition) is 3. The van der Waals surface area contributed by atoms with Crippen LogP contribution in [-0.2, 0) is 9.59 Å². The van der Waals surface area contributed by atoms with Gasteiger partial charge in [0.25, 0.3) is 5.91 Å². The van der Waals surface area contributed by atoms with E-state index in [1.165, 1.54) is 0 Å². The van der Waals surface area contributed by atoms with Gasteiger partial charge in [-0.15, -0.1) is 0 Å². The summed E-state index contributed by atoms with van der Waals surface area (Å²) in [5.41, 5.74) is 0.782. The molecule has 1 saturated heterocycles. The highest BCUT2D eigenvalue weighted by atomic mass is 79.9. The number of halogens is 1. The van der Waals surface area contributed by atoms with Crippen molar-refractivity contribution in [1.29, 1.82) is 5.26 Å². The standard InChI is InChI=1S/C17H12BrN3O2/c18-12-6-4-11(5-7-12)14-13(10-19)16(22)20-17(23)15(14)21-8-2-1-3-9-21/h1-9,13-15H/p+1. The molecule has 3 atom stereocenters. The third-order valence-electron chi connectivity index (χ3n) is 3.95. The van der Waals surface area contributed by atoms with E-state index in [9.17, 15) is 14.9 Å². The fourth-order valence-corrected chi connectivity index (χ4v) is 3.16. The van der Waals surface area contributed by atoms with Crippen molar-refractivity contribution in [3.05, 3.63) is 64.9 Å². The second-order valence-electron chi connectivity index (χ2n) is 5.31. The molecule has 6 heteroatoms. The molecule has 2 amide bonds. The number of nitriles is 1. The summed E-state index contributed by atoms with van der Waals surface area (Å²) in [7, 11) is 0. The zero-order valence-corrected chi connectivity index (χ0v) is 13.6. The summed E-state index contributed by atoms with van der Waals surface area (Å²) >= 11 is 3.37. The van der Waals surface area contributed by atoms with Gasteiger partial charge >= 0.3 is 0 Å². The molecule has 1 aliphatic rings. The van der Waals surface area contributed by atoms with Crippen molar-refractivity contribution in [1.82, 2.24) is 5.32 Å². The quantitative estimate of drug-likeness (QED) is 0.647. The number of carbonyl (C=O) groups excluding carboxylic acids is 2. The number of piperidine rings is 1. The van der Waals surface area contributed by atoms with Gasteiger partial charge in [-0.1, -0.05) is 34.1 Å². The van der Waals surface area contributed by atoms with E-state index in [0.717, 1.165) is 10.0 Å². The number of nitrogens with zero attached hydrogens (tertiary/aromatic N) is 2. The van der Waals surface area contributed by atoms with E-state index < -0.39 is 29.7 Å². The minimum Gasteiger partial charge on any atom is -0.289 e. The van der Waals surface area contributed by atoms with Crippen molar-refractivity contribution in [2.75, 3.05) is 0 Å². The molecule has 2 aromatic rings. The third kappa shape index (κ3) is 2.88. The summed E-state index contributed by atoms with van der Waals surface area (Å²) in [5.74, 6) is -2.41. The minimum atomic E-state index is -0.924. The van der Waals surface area contributed by atoms with Crippen LogP contribution in [0, 0.1) is 17.2 Å². The highest BCUT2D eigenvalue weighted by Gasteiger charge is 2.50. The van der Waals surface area contributed by atoms with Gasteiger partial charge in [0.15, 0.2) is 12.4 Å². The van der Waals surface area contributed by atoms with Crippen molar-refractivity contribution in [3.63, 3.8) is 0 Å². The lowest BCUT2D eigenvalue weighted by molar-refractivity contribution is -0.713. The molecule has 3 unspecified atom stereocenters. The van der Waals surface area contributed by atoms with Gasteiger partial charge in [-0.05, 0) is 17.7 Å². The highest BCUT2D eigenvalue weighted by Crippen LogP contribution is 2.36. The first-order valence-electron chi connectivity index (χ1n) is 7.07. The SMILES string of the molecule is N#CC1C(=O)NC(=O)C([n+]2ccccc2)C1c1ccc(Br)cc1. The van der Waals surface area contributed by atoms with Crippen molar-refractivity contribution in [2.45, 2.75) is 12.0 Å². The van der Waals surface area contributed by atoms with Crippen molar-refractivity contribution < 1.29 is 14.2 Å². The second kappa shape index (κ2) is 6.31. The molecule has 1 aliphatic heterocycles. The van der Waals surface area contributed by atoms with Crippen LogP contribution >= 0.6 is 15.9 Å². The number of rotatable bonds is 2. The van der Waals surface area contributed by atoms with Crippen LogP contribution in [0.2, 0.25) is 0 Å². The largest absolute Gasteiger partial charge is 0.296 e. The van der Waals surface area contributed by atoms with Gasteiger partial charge in [-0.25, -0.2) is 0 Å². The maximum atomic E-state index is 12.4. The lowest BCUT2D eigenvalue weighted by atomic mass is 9.77. The summed E-state index contributed by atoms with van der Waals surface area (Å²) in [6, 6.07) is 14.2. The van der Waals surface area contributed by atoms with Gasteiger partial charge in [-0.2, -0.15) is 9.83 Å². The fraction of sp³-hybridized carbons (Fsp3) is 0.176. The Morgan fingerprint density at radius 2 is 1.70 bits per heavy atom. The van der Waals surface area contributed by atoms with Crippen LogP contribution in [-0.4, -0.2) is 11.8 Å². The Hall–Kier alpha value is -2.52. The molecule has 1 fully saturated rings. The Bertz CT molecular complexity index is 784. The van der Waals surface area contributed by atoms with Gasteiger partial charge < -0.3 is 0 Å². The number of imide groups is 1. The summed E-state index contributed by atoms with van der Waals surface area (Å²) in [6.07, 6.45) is 3.53. The summed E-state index contributed by atoms with van der Waals surface area (Å²) in [6.45, 7) is 0. The summed E-state index contributed by atoms with van der Waals surface area (Å²) in [4.78, 5) is 24.5. The Kier molecular flexibility index (Phi) is 4.22. The van der Waals surface area contributed by atoms with Gasteiger partial charge in [0, 0.05) is 16.6 Å². The molecular formula is C17H13BrN3O2+. The first kappa shape index (κ1) is 15.4. The van der Waals surface area contributed by atoms with E-state index in [4.69, 9.17) is 0 Å². The molecule has 0 radical (unpaired) electrons. The number of amides is 2. The zero-order chi connectivity index (χ0) is 16.4. The monoisotopic (exact) mass is 370 g/mol. The van der Waals surface area contributed by atoms with E-state index in [2.05, 4.69) is 21.2 Å². The van der Waals surface area contributed by atoms with Crippen molar-refractivity contribution in [2.24, 2.45) is 5.92 Å². The smallest absolute Gasteiger partial charge is 0.289 e. The van der Waals surface area contributed by atoms with E-state index in [-0.39, 0.29) is 0 Å². The molecule has 1 N–H and O–H groups in total. The first-order valence-corrected chi connectivity index (χ1v) is 7.86. The topological polar surface area (TPSA) is 73.8 Å². The van der Waals surface area contributed by atoms with Gasteiger partial charge in [0.2, 0.25) is 11.9 Å². The van der Waals surface area contributed by atoms with Crippen LogP contribution in [0.5, 0.6) is 0 Å². The van der Waals surface area contributed by atoms with Crippen LogP contribution < -0.4 is 9.88 Å². The third-order valence-corrected chi connectivity index (χ3v) is 4.48. The van der Waals surface area contributed by atoms with Crippen molar-refractivity contribution >= 4 is 27.7 Å². The number of nitrogens with one attached hydrogen (secondary N) is 1. The molecule has 0 saturated carbocycles. The molecule has 5 nitrogen and oxygen atoms in total. The van der Waals surface area contributed by atoms with Gasteiger partial charge in [0.1, 0.15) is 5.92 Å². The minimum absolute atomic E-state index is 0.398. The Morgan fingerprint density at radius 1 is 1.04 bits per heavy atom. The normalized spacial score (nSPS) is 23.9. The van der Waals surface area contributed by atoms with Crippen LogP contribution in [0.1, 0.15) is 17.5 Å². The number of carbonyl (C=O) groups is 2. The van der Waals surface area contributed by atoms with Crippen LogP contribution in [0.3, 0.4) is 0 Å².